The zero-order valence-corrected chi connectivity index (χ0v) is 17.1. The first-order chi connectivity index (χ1) is 13.5. The van der Waals surface area contributed by atoms with Crippen molar-refractivity contribution in [3.63, 3.8) is 0 Å². The average Bonchev–Trinajstić information content (AvgIpc) is 3.31. The van der Waals surface area contributed by atoms with E-state index in [0.717, 1.165) is 32.1 Å². The zero-order valence-electron chi connectivity index (χ0n) is 15.4. The Hall–Kier alpha value is -2.84. The number of aromatic nitrogens is 3. The smallest absolute Gasteiger partial charge is 0.273 e. The van der Waals surface area contributed by atoms with Crippen LogP contribution in [0, 0.1) is 6.92 Å². The van der Waals surface area contributed by atoms with Gasteiger partial charge < -0.3 is 0 Å². The first kappa shape index (κ1) is 18.5. The normalized spacial score (nSPS) is 11.1. The molecule has 0 aliphatic carbocycles. The molecule has 4 aromatic rings. The number of hydrogen-bond donors (Lipinski definition) is 1. The molecule has 142 valence electrons. The SMILES string of the molecule is CCc1cc2c(=O)n(NC(=O)Cc3csc(-c4cccc(C)c4)n3)cnc2s1. The summed E-state index contributed by atoms with van der Waals surface area (Å²) in [5, 5.41) is 3.27. The maximum absolute atomic E-state index is 12.6. The molecule has 0 radical (unpaired) electrons. The number of carbonyl (C=O) groups is 1. The van der Waals surface area contributed by atoms with Gasteiger partial charge in [-0.3, -0.25) is 15.0 Å². The van der Waals surface area contributed by atoms with Gasteiger partial charge in [-0.15, -0.1) is 22.7 Å². The van der Waals surface area contributed by atoms with Gasteiger partial charge in [-0.25, -0.2) is 14.6 Å². The van der Waals surface area contributed by atoms with Gasteiger partial charge in [0.15, 0.2) is 0 Å². The van der Waals surface area contributed by atoms with Crippen molar-refractivity contribution < 1.29 is 4.79 Å². The fourth-order valence-electron chi connectivity index (χ4n) is 2.86. The number of thiazole rings is 1. The number of thiophene rings is 1. The number of benzene rings is 1. The van der Waals surface area contributed by atoms with E-state index in [-0.39, 0.29) is 17.9 Å². The first-order valence-electron chi connectivity index (χ1n) is 8.85. The average molecular weight is 411 g/mol. The van der Waals surface area contributed by atoms with E-state index in [1.165, 1.54) is 29.0 Å². The van der Waals surface area contributed by atoms with Gasteiger partial charge in [-0.05, 0) is 25.5 Å². The first-order valence-corrected chi connectivity index (χ1v) is 10.5. The fourth-order valence-corrected chi connectivity index (χ4v) is 4.61. The highest BCUT2D eigenvalue weighted by Gasteiger charge is 2.12. The molecule has 0 bridgehead atoms. The summed E-state index contributed by atoms with van der Waals surface area (Å²) >= 11 is 3.00. The molecule has 28 heavy (non-hydrogen) atoms. The molecular formula is C20H18N4O2S2. The molecule has 4 rings (SSSR count). The van der Waals surface area contributed by atoms with E-state index in [9.17, 15) is 9.59 Å². The van der Waals surface area contributed by atoms with Crippen molar-refractivity contribution in [2.24, 2.45) is 0 Å². The number of carbonyl (C=O) groups excluding carboxylic acids is 1. The van der Waals surface area contributed by atoms with Crippen LogP contribution < -0.4 is 11.0 Å². The van der Waals surface area contributed by atoms with Crippen LogP contribution in [0.5, 0.6) is 0 Å². The lowest BCUT2D eigenvalue weighted by Gasteiger charge is -2.06. The van der Waals surface area contributed by atoms with Crippen molar-refractivity contribution in [1.82, 2.24) is 14.6 Å². The Bertz CT molecular complexity index is 1220. The van der Waals surface area contributed by atoms with Crippen molar-refractivity contribution in [3.05, 3.63) is 68.5 Å². The van der Waals surface area contributed by atoms with Crippen LogP contribution in [0.2, 0.25) is 0 Å². The number of rotatable bonds is 5. The molecule has 0 saturated heterocycles. The van der Waals surface area contributed by atoms with E-state index in [1.807, 2.05) is 43.5 Å². The van der Waals surface area contributed by atoms with Crippen LogP contribution in [0.4, 0.5) is 0 Å². The standard InChI is InChI=1S/C20H18N4O2S2/c1-3-15-9-16-19(28-15)21-11-24(20(16)26)23-17(25)8-14-10-27-18(22-14)13-6-4-5-12(2)7-13/h4-7,9-11H,3,8H2,1-2H3,(H,23,25). The van der Waals surface area contributed by atoms with Gasteiger partial charge in [-0.1, -0.05) is 30.7 Å². The monoisotopic (exact) mass is 410 g/mol. The Morgan fingerprint density at radius 3 is 2.93 bits per heavy atom. The van der Waals surface area contributed by atoms with Gasteiger partial charge in [-0.2, -0.15) is 0 Å². The third-order valence-corrected chi connectivity index (χ3v) is 6.38. The number of amides is 1. The fraction of sp³-hybridized carbons (Fsp3) is 0.200. The van der Waals surface area contributed by atoms with Gasteiger partial charge in [0, 0.05) is 15.8 Å². The van der Waals surface area contributed by atoms with Crippen LogP contribution in [0.25, 0.3) is 20.8 Å². The van der Waals surface area contributed by atoms with E-state index in [2.05, 4.69) is 21.5 Å². The lowest BCUT2D eigenvalue weighted by molar-refractivity contribution is -0.116. The summed E-state index contributed by atoms with van der Waals surface area (Å²) in [6.45, 7) is 4.06. The molecule has 1 aromatic carbocycles. The lowest BCUT2D eigenvalue weighted by atomic mass is 10.1. The molecule has 1 amide bonds. The molecule has 0 aliphatic heterocycles. The number of hydrogen-bond acceptors (Lipinski definition) is 6. The largest absolute Gasteiger partial charge is 0.280 e. The molecule has 3 heterocycles. The lowest BCUT2D eigenvalue weighted by Crippen LogP contribution is -2.33. The van der Waals surface area contributed by atoms with Gasteiger partial charge in [0.1, 0.15) is 16.2 Å². The summed E-state index contributed by atoms with van der Waals surface area (Å²) in [5.74, 6) is -0.310. The van der Waals surface area contributed by atoms with Crippen molar-refractivity contribution in [2.75, 3.05) is 5.43 Å². The third kappa shape index (κ3) is 3.74. The van der Waals surface area contributed by atoms with Crippen molar-refractivity contribution in [3.8, 4) is 10.6 Å². The number of nitrogens with zero attached hydrogens (tertiary/aromatic N) is 3. The van der Waals surface area contributed by atoms with Crippen LogP contribution in [-0.2, 0) is 17.6 Å². The maximum Gasteiger partial charge on any atom is 0.280 e. The number of fused-ring (bicyclic) bond motifs is 1. The second-order valence-corrected chi connectivity index (χ2v) is 8.40. The van der Waals surface area contributed by atoms with Gasteiger partial charge in [0.2, 0.25) is 5.91 Å². The summed E-state index contributed by atoms with van der Waals surface area (Å²) < 4.78 is 1.14. The zero-order chi connectivity index (χ0) is 19.7. The summed E-state index contributed by atoms with van der Waals surface area (Å²) in [6.07, 6.45) is 2.30. The molecule has 8 heteroatoms. The molecule has 0 atom stereocenters. The predicted molar refractivity (Wildman–Crippen MR) is 114 cm³/mol. The van der Waals surface area contributed by atoms with Crippen molar-refractivity contribution in [1.29, 1.82) is 0 Å². The van der Waals surface area contributed by atoms with Gasteiger partial charge >= 0.3 is 0 Å². The molecule has 0 fully saturated rings. The minimum atomic E-state index is -0.310. The quantitative estimate of drug-likeness (QED) is 0.543. The second-order valence-electron chi connectivity index (χ2n) is 6.43. The Labute approximate surface area is 169 Å². The van der Waals surface area contributed by atoms with Crippen LogP contribution in [-0.4, -0.2) is 20.6 Å². The van der Waals surface area contributed by atoms with E-state index < -0.39 is 0 Å². The van der Waals surface area contributed by atoms with E-state index in [0.29, 0.717) is 15.9 Å². The number of nitrogens with one attached hydrogen (secondary N) is 1. The topological polar surface area (TPSA) is 76.9 Å². The molecule has 0 spiro atoms. The van der Waals surface area contributed by atoms with Gasteiger partial charge in [0.05, 0.1) is 17.5 Å². The summed E-state index contributed by atoms with van der Waals surface area (Å²) in [4.78, 5) is 35.6. The molecule has 6 nitrogen and oxygen atoms in total. The van der Waals surface area contributed by atoms with E-state index in [1.54, 1.807) is 0 Å². The Morgan fingerprint density at radius 1 is 1.29 bits per heavy atom. The predicted octanol–water partition coefficient (Wildman–Crippen LogP) is 3.77. The second kappa shape index (κ2) is 7.65. The third-order valence-electron chi connectivity index (χ3n) is 4.26. The van der Waals surface area contributed by atoms with Gasteiger partial charge in [0.25, 0.3) is 5.56 Å². The minimum Gasteiger partial charge on any atom is -0.273 e. The molecule has 1 N–H and O–H groups in total. The van der Waals surface area contributed by atoms with E-state index >= 15 is 0 Å². The highest BCUT2D eigenvalue weighted by molar-refractivity contribution is 7.18. The summed E-state index contributed by atoms with van der Waals surface area (Å²) in [7, 11) is 0. The molecule has 3 aromatic heterocycles. The molecule has 0 aliphatic rings. The van der Waals surface area contributed by atoms with Crippen LogP contribution >= 0.6 is 22.7 Å². The van der Waals surface area contributed by atoms with Crippen LogP contribution in [0.3, 0.4) is 0 Å². The van der Waals surface area contributed by atoms with Crippen molar-refractivity contribution >= 4 is 38.8 Å². The van der Waals surface area contributed by atoms with Crippen LogP contribution in [0.1, 0.15) is 23.1 Å². The molecule has 0 saturated carbocycles. The summed E-state index contributed by atoms with van der Waals surface area (Å²) in [5.41, 5.74) is 5.20. The summed E-state index contributed by atoms with van der Waals surface area (Å²) in [6, 6.07) is 9.93. The Balaban J connectivity index is 1.50. The number of aryl methyl sites for hydroxylation is 2. The molecule has 0 unspecified atom stereocenters. The highest BCUT2D eigenvalue weighted by Crippen LogP contribution is 2.24. The Morgan fingerprint density at radius 2 is 2.14 bits per heavy atom. The minimum absolute atomic E-state index is 0.0939. The van der Waals surface area contributed by atoms with Crippen LogP contribution in [0.15, 0.2) is 46.8 Å². The molecular weight excluding hydrogens is 392 g/mol. The Kier molecular flexibility index (Phi) is 5.06. The maximum atomic E-state index is 12.6. The van der Waals surface area contributed by atoms with Crippen molar-refractivity contribution in [2.45, 2.75) is 26.7 Å². The highest BCUT2D eigenvalue weighted by atomic mass is 32.1. The van der Waals surface area contributed by atoms with E-state index in [4.69, 9.17) is 0 Å².